The molecule has 39 heavy (non-hydrogen) atoms. The lowest BCUT2D eigenvalue weighted by atomic mass is 9.98. The van der Waals surface area contributed by atoms with Gasteiger partial charge in [-0.2, -0.15) is 5.10 Å². The van der Waals surface area contributed by atoms with Crippen LogP contribution in [0.1, 0.15) is 40.3 Å². The van der Waals surface area contributed by atoms with Crippen molar-refractivity contribution in [3.05, 3.63) is 98.3 Å². The van der Waals surface area contributed by atoms with Crippen LogP contribution in [-0.4, -0.2) is 38.7 Å². The van der Waals surface area contributed by atoms with E-state index in [1.165, 1.54) is 4.68 Å². The van der Waals surface area contributed by atoms with Crippen molar-refractivity contribution in [3.63, 3.8) is 0 Å². The van der Waals surface area contributed by atoms with E-state index in [0.29, 0.717) is 43.0 Å². The van der Waals surface area contributed by atoms with Crippen molar-refractivity contribution < 1.29 is 9.59 Å². The molecule has 0 atom stereocenters. The normalized spacial score (nSPS) is 11.1. The number of anilines is 2. The molecule has 12 heteroatoms. The van der Waals surface area contributed by atoms with Gasteiger partial charge < -0.3 is 11.1 Å². The Labute approximate surface area is 251 Å². The summed E-state index contributed by atoms with van der Waals surface area (Å²) in [6.45, 7) is 5.66. The van der Waals surface area contributed by atoms with E-state index in [2.05, 4.69) is 31.3 Å². The maximum absolute atomic E-state index is 13.8. The number of halogens is 4. The highest BCUT2D eigenvalue weighted by atomic mass is 79.9. The lowest BCUT2D eigenvalue weighted by molar-refractivity contribution is 0.0961. The van der Waals surface area contributed by atoms with Gasteiger partial charge in [-0.3, -0.25) is 14.5 Å². The number of amides is 2. The molecule has 0 radical (unpaired) electrons. The lowest BCUT2D eigenvalue weighted by Gasteiger charge is -2.39. The zero-order valence-electron chi connectivity index (χ0n) is 21.3. The Hall–Kier alpha value is -2.95. The monoisotopic (exact) mass is 650 g/mol. The van der Waals surface area contributed by atoms with Gasteiger partial charge in [-0.1, -0.05) is 41.4 Å². The Morgan fingerprint density at radius 1 is 1.10 bits per heavy atom. The molecule has 2 heterocycles. The number of carbonyl (C=O) groups excluding carboxylic acids is 2. The van der Waals surface area contributed by atoms with Gasteiger partial charge >= 0.3 is 0 Å². The first-order valence-corrected chi connectivity index (χ1v) is 13.2. The predicted octanol–water partition coefficient (Wildman–Crippen LogP) is 6.70. The molecule has 2 aromatic carbocycles. The molecule has 4 rings (SSSR count). The lowest BCUT2D eigenvalue weighted by Crippen LogP contribution is -2.53. The summed E-state index contributed by atoms with van der Waals surface area (Å²) >= 11 is 16.1. The second kappa shape index (κ2) is 12.5. The van der Waals surface area contributed by atoms with Crippen molar-refractivity contribution >= 4 is 74.7 Å². The van der Waals surface area contributed by atoms with E-state index in [1.807, 2.05) is 19.9 Å². The molecule has 0 fully saturated rings. The summed E-state index contributed by atoms with van der Waals surface area (Å²) in [6.07, 6.45) is 1.56. The highest BCUT2D eigenvalue weighted by Gasteiger charge is 2.35. The van der Waals surface area contributed by atoms with Crippen LogP contribution in [-0.2, 0) is 0 Å². The number of carbonyl (C=O) groups is 2. The van der Waals surface area contributed by atoms with Crippen molar-refractivity contribution in [2.75, 3.05) is 16.8 Å². The molecule has 0 spiro atoms. The fraction of sp³-hybridized carbons (Fsp3) is 0.185. The van der Waals surface area contributed by atoms with Crippen molar-refractivity contribution in [3.8, 4) is 5.82 Å². The molecule has 0 aliphatic carbocycles. The molecule has 0 saturated carbocycles. The standard InChI is InChI=1S/C27H25BrCl2N6O2.ClH/c1-16-12-18(29)13-20(35(27(2,3)15-31)26(38)17-8-5-4-6-9-17)23(16)33-25(37)21-14-22(28)34-36(21)24-19(30)10-7-11-32-24;/h4-14H,15,31H2,1-3H3,(H,33,37);1H. The number of nitrogens with zero attached hydrogens (tertiary/aromatic N) is 4. The molecule has 204 valence electrons. The summed E-state index contributed by atoms with van der Waals surface area (Å²) in [5.41, 5.74) is 7.42. The van der Waals surface area contributed by atoms with Gasteiger partial charge in [-0.05, 0) is 78.7 Å². The van der Waals surface area contributed by atoms with Crippen LogP contribution >= 0.6 is 51.5 Å². The minimum Gasteiger partial charge on any atom is -0.328 e. The molecular formula is C27H26BrCl3N6O2. The Kier molecular flexibility index (Phi) is 9.79. The number of aryl methyl sites for hydroxylation is 1. The van der Waals surface area contributed by atoms with E-state index >= 15 is 0 Å². The second-order valence-corrected chi connectivity index (χ2v) is 10.8. The number of nitrogens with one attached hydrogen (secondary N) is 1. The van der Waals surface area contributed by atoms with Crippen LogP contribution in [0.2, 0.25) is 10.0 Å². The van der Waals surface area contributed by atoms with Crippen LogP contribution in [0.4, 0.5) is 11.4 Å². The highest BCUT2D eigenvalue weighted by Crippen LogP contribution is 2.38. The first-order chi connectivity index (χ1) is 18.0. The summed E-state index contributed by atoms with van der Waals surface area (Å²) in [5.74, 6) is -0.483. The maximum atomic E-state index is 13.8. The quantitative estimate of drug-likeness (QED) is 0.231. The summed E-state index contributed by atoms with van der Waals surface area (Å²) in [5, 5.41) is 8.03. The minimum atomic E-state index is -0.824. The average molecular weight is 653 g/mol. The number of hydrogen-bond donors (Lipinski definition) is 2. The number of pyridine rings is 1. The summed E-state index contributed by atoms with van der Waals surface area (Å²) in [7, 11) is 0. The van der Waals surface area contributed by atoms with Gasteiger partial charge in [0.2, 0.25) is 0 Å². The Bertz CT molecular complexity index is 1510. The maximum Gasteiger partial charge on any atom is 0.274 e. The fourth-order valence-corrected chi connectivity index (χ4v) is 4.81. The third-order valence-corrected chi connectivity index (χ3v) is 6.84. The first-order valence-electron chi connectivity index (χ1n) is 11.6. The van der Waals surface area contributed by atoms with Crippen LogP contribution in [0, 0.1) is 6.92 Å². The average Bonchev–Trinajstić information content (AvgIpc) is 3.28. The second-order valence-electron chi connectivity index (χ2n) is 9.17. The zero-order valence-corrected chi connectivity index (χ0v) is 25.2. The Morgan fingerprint density at radius 3 is 2.44 bits per heavy atom. The van der Waals surface area contributed by atoms with E-state index < -0.39 is 11.4 Å². The Morgan fingerprint density at radius 2 is 1.79 bits per heavy atom. The van der Waals surface area contributed by atoms with Gasteiger partial charge in [0.25, 0.3) is 11.8 Å². The molecule has 3 N–H and O–H groups in total. The molecule has 0 unspecified atom stereocenters. The van der Waals surface area contributed by atoms with Crippen LogP contribution in [0.15, 0.2) is 71.5 Å². The summed E-state index contributed by atoms with van der Waals surface area (Å²) < 4.78 is 1.77. The summed E-state index contributed by atoms with van der Waals surface area (Å²) in [6, 6.07) is 17.1. The van der Waals surface area contributed by atoms with E-state index in [1.54, 1.807) is 72.6 Å². The first kappa shape index (κ1) is 30.6. The number of aromatic nitrogens is 3. The van der Waals surface area contributed by atoms with E-state index in [0.717, 1.165) is 0 Å². The molecular weight excluding hydrogens is 627 g/mol. The summed E-state index contributed by atoms with van der Waals surface area (Å²) in [4.78, 5) is 33.4. The van der Waals surface area contributed by atoms with E-state index in [9.17, 15) is 9.59 Å². The Balaban J connectivity index is 0.00000420. The van der Waals surface area contributed by atoms with E-state index in [4.69, 9.17) is 28.9 Å². The van der Waals surface area contributed by atoms with Crippen molar-refractivity contribution in [1.82, 2.24) is 14.8 Å². The molecule has 0 bridgehead atoms. The molecule has 0 aliphatic rings. The zero-order chi connectivity index (χ0) is 27.6. The van der Waals surface area contributed by atoms with Gasteiger partial charge in [0.15, 0.2) is 5.82 Å². The largest absolute Gasteiger partial charge is 0.328 e. The van der Waals surface area contributed by atoms with E-state index in [-0.39, 0.29) is 30.6 Å². The smallest absolute Gasteiger partial charge is 0.274 e. The van der Waals surface area contributed by atoms with Crippen molar-refractivity contribution in [2.24, 2.45) is 5.73 Å². The number of hydrogen-bond acceptors (Lipinski definition) is 5. The SMILES string of the molecule is Cc1cc(Cl)cc(N(C(=O)c2ccccc2)C(C)(C)CN)c1NC(=O)c1cc(Br)nn1-c1ncccc1Cl.Cl. The van der Waals surface area contributed by atoms with Gasteiger partial charge in [-0.25, -0.2) is 9.67 Å². The number of benzene rings is 2. The minimum absolute atomic E-state index is 0. The van der Waals surface area contributed by atoms with Crippen LogP contribution in [0.3, 0.4) is 0 Å². The third-order valence-electron chi connectivity index (χ3n) is 5.94. The number of nitrogens with two attached hydrogens (primary N) is 1. The van der Waals surface area contributed by atoms with Gasteiger partial charge in [0.05, 0.1) is 21.9 Å². The molecule has 2 aromatic heterocycles. The topological polar surface area (TPSA) is 106 Å². The van der Waals surface area contributed by atoms with Gasteiger partial charge in [-0.15, -0.1) is 12.4 Å². The fourth-order valence-electron chi connectivity index (χ4n) is 3.96. The third kappa shape index (κ3) is 6.45. The van der Waals surface area contributed by atoms with Gasteiger partial charge in [0.1, 0.15) is 10.3 Å². The van der Waals surface area contributed by atoms with Crippen molar-refractivity contribution in [2.45, 2.75) is 26.3 Å². The number of rotatable bonds is 7. The molecule has 8 nitrogen and oxygen atoms in total. The highest BCUT2D eigenvalue weighted by molar-refractivity contribution is 9.10. The van der Waals surface area contributed by atoms with Crippen LogP contribution in [0.5, 0.6) is 0 Å². The van der Waals surface area contributed by atoms with Crippen LogP contribution in [0.25, 0.3) is 5.82 Å². The van der Waals surface area contributed by atoms with Crippen molar-refractivity contribution in [1.29, 1.82) is 0 Å². The van der Waals surface area contributed by atoms with Crippen LogP contribution < -0.4 is 16.0 Å². The molecule has 0 aliphatic heterocycles. The molecule has 4 aromatic rings. The predicted molar refractivity (Wildman–Crippen MR) is 162 cm³/mol. The molecule has 0 saturated heterocycles. The van der Waals surface area contributed by atoms with Gasteiger partial charge in [0, 0.05) is 29.4 Å². The molecule has 2 amide bonds.